The first-order valence-electron chi connectivity index (χ1n) is 8.31. The van der Waals surface area contributed by atoms with Crippen molar-refractivity contribution in [1.29, 1.82) is 0 Å². The van der Waals surface area contributed by atoms with Crippen LogP contribution in [0.25, 0.3) is 0 Å². The molecule has 3 nitrogen and oxygen atoms in total. The number of halogens is 1. The summed E-state index contributed by atoms with van der Waals surface area (Å²) in [6.45, 7) is 3.42. The van der Waals surface area contributed by atoms with Gasteiger partial charge in [0.2, 0.25) is 5.91 Å². The molecule has 0 radical (unpaired) electrons. The number of hydrogen-bond acceptors (Lipinski definition) is 2. The van der Waals surface area contributed by atoms with Crippen molar-refractivity contribution in [3.05, 3.63) is 35.6 Å². The molecule has 1 unspecified atom stereocenters. The Hall–Kier alpha value is -1.42. The smallest absolute Gasteiger partial charge is 0.226 e. The molecule has 1 amide bonds. The Bertz CT molecular complexity index is 468. The first kappa shape index (κ1) is 16.9. The van der Waals surface area contributed by atoms with E-state index in [1.54, 1.807) is 0 Å². The molecule has 0 heterocycles. The van der Waals surface area contributed by atoms with Gasteiger partial charge < -0.3 is 10.2 Å². The van der Waals surface area contributed by atoms with Crippen molar-refractivity contribution >= 4 is 5.91 Å². The summed E-state index contributed by atoms with van der Waals surface area (Å²) in [6.07, 6.45) is 5.44. The van der Waals surface area contributed by atoms with Crippen molar-refractivity contribution < 1.29 is 9.18 Å². The molecule has 2 rings (SSSR count). The number of nitrogens with zero attached hydrogens (tertiary/aromatic N) is 1. The summed E-state index contributed by atoms with van der Waals surface area (Å²) in [4.78, 5) is 14.8. The maximum Gasteiger partial charge on any atom is 0.226 e. The van der Waals surface area contributed by atoms with Crippen LogP contribution < -0.4 is 5.32 Å². The second-order valence-corrected chi connectivity index (χ2v) is 6.31. The fourth-order valence-corrected chi connectivity index (χ4v) is 3.27. The molecule has 1 aliphatic rings. The topological polar surface area (TPSA) is 32.3 Å². The molecule has 0 saturated heterocycles. The van der Waals surface area contributed by atoms with Crippen LogP contribution in [0.3, 0.4) is 0 Å². The standard InChI is InChI=1S/C18H27FN2O/c1-14(13-20-2)18(22)21(17-5-3-4-6-17)12-11-15-7-9-16(19)10-8-15/h7-10,14,17,20H,3-6,11-13H2,1-2H3. The summed E-state index contributed by atoms with van der Waals surface area (Å²) in [5.74, 6) is 0.0253. The zero-order valence-electron chi connectivity index (χ0n) is 13.6. The van der Waals surface area contributed by atoms with Crippen LogP contribution in [0.15, 0.2) is 24.3 Å². The molecule has 1 N–H and O–H groups in total. The number of nitrogens with one attached hydrogen (secondary N) is 1. The van der Waals surface area contributed by atoms with Crippen molar-refractivity contribution in [2.45, 2.75) is 45.1 Å². The summed E-state index contributed by atoms with van der Waals surface area (Å²) < 4.78 is 13.0. The van der Waals surface area contributed by atoms with E-state index in [9.17, 15) is 9.18 Å². The summed E-state index contributed by atoms with van der Waals surface area (Å²) in [5.41, 5.74) is 1.08. The molecule has 122 valence electrons. The van der Waals surface area contributed by atoms with Gasteiger partial charge in [-0.05, 0) is 44.0 Å². The fraction of sp³-hybridized carbons (Fsp3) is 0.611. The number of amides is 1. The van der Waals surface area contributed by atoms with Crippen LogP contribution in [0.1, 0.15) is 38.2 Å². The Labute approximate surface area is 132 Å². The molecule has 1 saturated carbocycles. The van der Waals surface area contributed by atoms with Crippen LogP contribution >= 0.6 is 0 Å². The van der Waals surface area contributed by atoms with Crippen LogP contribution in [0.2, 0.25) is 0 Å². The van der Waals surface area contributed by atoms with E-state index in [4.69, 9.17) is 0 Å². The zero-order valence-corrected chi connectivity index (χ0v) is 13.6. The fourth-order valence-electron chi connectivity index (χ4n) is 3.27. The zero-order chi connectivity index (χ0) is 15.9. The molecule has 22 heavy (non-hydrogen) atoms. The quantitative estimate of drug-likeness (QED) is 0.840. The Balaban J connectivity index is 2.00. The molecule has 1 aromatic carbocycles. The highest BCUT2D eigenvalue weighted by Crippen LogP contribution is 2.25. The lowest BCUT2D eigenvalue weighted by atomic mass is 10.1. The van der Waals surface area contributed by atoms with Crippen molar-refractivity contribution in [3.8, 4) is 0 Å². The van der Waals surface area contributed by atoms with E-state index in [2.05, 4.69) is 10.2 Å². The lowest BCUT2D eigenvalue weighted by Gasteiger charge is -2.31. The van der Waals surface area contributed by atoms with Gasteiger partial charge in [0.15, 0.2) is 0 Å². The van der Waals surface area contributed by atoms with Crippen LogP contribution in [0, 0.1) is 11.7 Å². The first-order chi connectivity index (χ1) is 10.6. The second kappa shape index (κ2) is 8.28. The molecule has 4 heteroatoms. The van der Waals surface area contributed by atoms with Crippen LogP contribution in [0.4, 0.5) is 4.39 Å². The molecule has 1 atom stereocenters. The van der Waals surface area contributed by atoms with E-state index in [1.807, 2.05) is 26.1 Å². The molecular weight excluding hydrogens is 279 g/mol. The normalized spacial score (nSPS) is 16.7. The van der Waals surface area contributed by atoms with Gasteiger partial charge in [0.1, 0.15) is 5.82 Å². The van der Waals surface area contributed by atoms with Crippen LogP contribution in [-0.4, -0.2) is 37.0 Å². The van der Waals surface area contributed by atoms with Crippen LogP contribution in [0.5, 0.6) is 0 Å². The van der Waals surface area contributed by atoms with Crippen molar-refractivity contribution in [3.63, 3.8) is 0 Å². The van der Waals surface area contributed by atoms with Gasteiger partial charge in [0.05, 0.1) is 0 Å². The lowest BCUT2D eigenvalue weighted by Crippen LogP contribution is -2.44. The average Bonchev–Trinajstić information content (AvgIpc) is 3.03. The number of carbonyl (C=O) groups is 1. The monoisotopic (exact) mass is 306 g/mol. The predicted octanol–water partition coefficient (Wildman–Crippen LogP) is 2.99. The maximum absolute atomic E-state index is 13.0. The molecule has 1 fully saturated rings. The first-order valence-corrected chi connectivity index (χ1v) is 8.31. The Morgan fingerprint density at radius 1 is 1.32 bits per heavy atom. The maximum atomic E-state index is 13.0. The van der Waals surface area contributed by atoms with E-state index in [1.165, 1.54) is 25.0 Å². The van der Waals surface area contributed by atoms with Gasteiger partial charge >= 0.3 is 0 Å². The molecule has 0 aromatic heterocycles. The van der Waals surface area contributed by atoms with Gasteiger partial charge in [0, 0.05) is 25.0 Å². The molecule has 0 spiro atoms. The SMILES string of the molecule is CNCC(C)C(=O)N(CCc1ccc(F)cc1)C1CCCC1. The Morgan fingerprint density at radius 2 is 1.95 bits per heavy atom. The summed E-state index contributed by atoms with van der Waals surface area (Å²) in [7, 11) is 1.88. The minimum atomic E-state index is -0.213. The largest absolute Gasteiger partial charge is 0.339 e. The summed E-state index contributed by atoms with van der Waals surface area (Å²) in [5, 5.41) is 3.08. The molecule has 0 aliphatic heterocycles. The van der Waals surface area contributed by atoms with Crippen molar-refractivity contribution in [2.24, 2.45) is 5.92 Å². The molecule has 1 aromatic rings. The number of carbonyl (C=O) groups excluding carboxylic acids is 1. The van der Waals surface area contributed by atoms with Crippen molar-refractivity contribution in [2.75, 3.05) is 20.1 Å². The average molecular weight is 306 g/mol. The van der Waals surface area contributed by atoms with Gasteiger partial charge in [-0.25, -0.2) is 4.39 Å². The van der Waals surface area contributed by atoms with Crippen LogP contribution in [-0.2, 0) is 11.2 Å². The molecule has 1 aliphatic carbocycles. The number of rotatable bonds is 7. The van der Waals surface area contributed by atoms with E-state index in [-0.39, 0.29) is 17.6 Å². The van der Waals surface area contributed by atoms with Gasteiger partial charge in [-0.3, -0.25) is 4.79 Å². The van der Waals surface area contributed by atoms with Crippen molar-refractivity contribution in [1.82, 2.24) is 10.2 Å². The van der Waals surface area contributed by atoms with E-state index in [0.717, 1.165) is 31.4 Å². The van der Waals surface area contributed by atoms with E-state index in [0.29, 0.717) is 12.6 Å². The van der Waals surface area contributed by atoms with Gasteiger partial charge in [-0.1, -0.05) is 31.9 Å². The third-order valence-electron chi connectivity index (χ3n) is 4.54. The van der Waals surface area contributed by atoms with E-state index >= 15 is 0 Å². The third kappa shape index (κ3) is 4.54. The number of benzene rings is 1. The van der Waals surface area contributed by atoms with Gasteiger partial charge in [0.25, 0.3) is 0 Å². The summed E-state index contributed by atoms with van der Waals surface area (Å²) >= 11 is 0. The van der Waals surface area contributed by atoms with Gasteiger partial charge in [-0.2, -0.15) is 0 Å². The minimum Gasteiger partial charge on any atom is -0.339 e. The predicted molar refractivity (Wildman–Crippen MR) is 87.2 cm³/mol. The van der Waals surface area contributed by atoms with Gasteiger partial charge in [-0.15, -0.1) is 0 Å². The second-order valence-electron chi connectivity index (χ2n) is 6.31. The summed E-state index contributed by atoms with van der Waals surface area (Å²) in [6, 6.07) is 6.97. The molecule has 0 bridgehead atoms. The highest BCUT2D eigenvalue weighted by molar-refractivity contribution is 5.79. The minimum absolute atomic E-state index is 0.00109. The Morgan fingerprint density at radius 3 is 2.55 bits per heavy atom. The van der Waals surface area contributed by atoms with E-state index < -0.39 is 0 Å². The Kier molecular flexibility index (Phi) is 6.37. The highest BCUT2D eigenvalue weighted by atomic mass is 19.1. The third-order valence-corrected chi connectivity index (χ3v) is 4.54. The lowest BCUT2D eigenvalue weighted by molar-refractivity contribution is -0.137. The highest BCUT2D eigenvalue weighted by Gasteiger charge is 2.28. The number of hydrogen-bond donors (Lipinski definition) is 1. The molecular formula is C18H27FN2O.